The van der Waals surface area contributed by atoms with Gasteiger partial charge in [0.15, 0.2) is 16.9 Å². The summed E-state index contributed by atoms with van der Waals surface area (Å²) in [6, 6.07) is 2.04. The molecule has 3 aromatic rings. The molecule has 9 nitrogen and oxygen atoms in total. The lowest BCUT2D eigenvalue weighted by atomic mass is 10.1. The van der Waals surface area contributed by atoms with Crippen LogP contribution in [-0.4, -0.2) is 35.4 Å². The highest BCUT2D eigenvalue weighted by Crippen LogP contribution is 2.33. The number of hydrogen-bond donors (Lipinski definition) is 2. The van der Waals surface area contributed by atoms with Crippen molar-refractivity contribution >= 4 is 17.0 Å². The number of fused-ring (bicyclic) bond motifs is 1. The molecule has 24 heavy (non-hydrogen) atoms. The maximum Gasteiger partial charge on any atom is 0.181 e. The second kappa shape index (κ2) is 5.73. The summed E-state index contributed by atoms with van der Waals surface area (Å²) in [7, 11) is 0. The van der Waals surface area contributed by atoms with Gasteiger partial charge in [-0.2, -0.15) is 15.0 Å². The summed E-state index contributed by atoms with van der Waals surface area (Å²) >= 11 is 0. The monoisotopic (exact) mass is 328 g/mol. The number of hydrogen-bond acceptors (Lipinski definition) is 7. The van der Waals surface area contributed by atoms with Crippen molar-refractivity contribution in [3.05, 3.63) is 17.5 Å². The van der Waals surface area contributed by atoms with Crippen LogP contribution >= 0.6 is 0 Å². The van der Waals surface area contributed by atoms with Crippen molar-refractivity contribution < 1.29 is 4.74 Å². The summed E-state index contributed by atoms with van der Waals surface area (Å²) in [5.41, 5.74) is 8.55. The molecule has 1 fully saturated rings. The Labute approximate surface area is 138 Å². The summed E-state index contributed by atoms with van der Waals surface area (Å²) < 4.78 is 5.86. The Morgan fingerprint density at radius 2 is 2.25 bits per heavy atom. The number of ether oxygens (including phenoxy) is 1. The van der Waals surface area contributed by atoms with Gasteiger partial charge in [-0.1, -0.05) is 12.1 Å². The Morgan fingerprint density at radius 1 is 1.38 bits per heavy atom. The second-order valence-electron chi connectivity index (χ2n) is 6.47. The Kier molecular flexibility index (Phi) is 3.55. The minimum absolute atomic E-state index is 0.305. The van der Waals surface area contributed by atoms with Gasteiger partial charge in [0.1, 0.15) is 18.1 Å². The Balaban J connectivity index is 1.53. The van der Waals surface area contributed by atoms with Crippen LogP contribution in [0.5, 0.6) is 5.75 Å². The highest BCUT2D eigenvalue weighted by Gasteiger charge is 2.25. The van der Waals surface area contributed by atoms with Crippen LogP contribution in [0.1, 0.15) is 43.6 Å². The van der Waals surface area contributed by atoms with Crippen molar-refractivity contribution in [3.63, 3.8) is 0 Å². The summed E-state index contributed by atoms with van der Waals surface area (Å²) in [5, 5.41) is 19.6. The van der Waals surface area contributed by atoms with Gasteiger partial charge < -0.3 is 10.5 Å². The third kappa shape index (κ3) is 2.66. The molecule has 9 heteroatoms. The molecule has 0 aliphatic heterocycles. The highest BCUT2D eigenvalue weighted by atomic mass is 16.5. The zero-order chi connectivity index (χ0) is 16.7. The van der Waals surface area contributed by atoms with E-state index in [0.29, 0.717) is 35.4 Å². The van der Waals surface area contributed by atoms with E-state index in [1.54, 1.807) is 6.07 Å². The molecule has 2 unspecified atom stereocenters. The zero-order valence-electron chi connectivity index (χ0n) is 13.7. The standard InChI is InChI=1S/C15H20N8O/c1-8-3-4-10(5-8)23-20-9(2)11(21-23)7-24-12-6-13(16)17-15-14(12)18-22-19-15/h6,8,10H,3-5,7H2,1-2H3,(H3,16,17,18,19,22). The molecule has 0 saturated heterocycles. The van der Waals surface area contributed by atoms with Gasteiger partial charge in [0.25, 0.3) is 0 Å². The van der Waals surface area contributed by atoms with Gasteiger partial charge in [0.05, 0.1) is 11.7 Å². The van der Waals surface area contributed by atoms with Crippen LogP contribution in [0, 0.1) is 12.8 Å². The molecular weight excluding hydrogens is 308 g/mol. The fourth-order valence-corrected chi connectivity index (χ4v) is 3.20. The lowest BCUT2D eigenvalue weighted by Crippen LogP contribution is -2.09. The van der Waals surface area contributed by atoms with Crippen LogP contribution in [0.2, 0.25) is 0 Å². The van der Waals surface area contributed by atoms with Crippen molar-refractivity contribution in [3.8, 4) is 5.75 Å². The minimum atomic E-state index is 0.305. The summed E-state index contributed by atoms with van der Waals surface area (Å²) in [5.74, 6) is 1.62. The SMILES string of the molecule is Cc1nn(C2CCC(C)C2)nc1COc1cc(N)nc2[nH]nnc12. The second-order valence-corrected chi connectivity index (χ2v) is 6.47. The number of aromatic nitrogens is 7. The van der Waals surface area contributed by atoms with E-state index >= 15 is 0 Å². The average Bonchev–Trinajstić information content (AvgIpc) is 3.24. The van der Waals surface area contributed by atoms with Gasteiger partial charge in [0.2, 0.25) is 0 Å². The number of nitrogens with zero attached hydrogens (tertiary/aromatic N) is 6. The van der Waals surface area contributed by atoms with Gasteiger partial charge in [0, 0.05) is 6.07 Å². The molecule has 1 saturated carbocycles. The van der Waals surface area contributed by atoms with E-state index in [1.807, 2.05) is 11.7 Å². The van der Waals surface area contributed by atoms with Crippen molar-refractivity contribution in [2.45, 2.75) is 45.8 Å². The maximum atomic E-state index is 5.86. The third-order valence-corrected chi connectivity index (χ3v) is 4.53. The Bertz CT molecular complexity index is 870. The predicted molar refractivity (Wildman–Crippen MR) is 87.2 cm³/mol. The molecule has 0 radical (unpaired) electrons. The van der Waals surface area contributed by atoms with Crippen molar-refractivity contribution in [2.75, 3.05) is 5.73 Å². The summed E-state index contributed by atoms with van der Waals surface area (Å²) in [4.78, 5) is 5.97. The minimum Gasteiger partial charge on any atom is -0.485 e. The molecule has 2 atom stereocenters. The molecule has 0 bridgehead atoms. The first-order valence-electron chi connectivity index (χ1n) is 8.12. The molecule has 3 aromatic heterocycles. The van der Waals surface area contributed by atoms with Gasteiger partial charge in [-0.3, -0.25) is 0 Å². The van der Waals surface area contributed by atoms with Gasteiger partial charge >= 0.3 is 0 Å². The zero-order valence-corrected chi connectivity index (χ0v) is 13.7. The Morgan fingerprint density at radius 3 is 3.04 bits per heavy atom. The van der Waals surface area contributed by atoms with Crippen LogP contribution < -0.4 is 10.5 Å². The summed E-state index contributed by atoms with van der Waals surface area (Å²) in [6.45, 7) is 4.53. The lowest BCUT2D eigenvalue weighted by molar-refractivity contribution is 0.299. The van der Waals surface area contributed by atoms with Crippen molar-refractivity contribution in [2.24, 2.45) is 5.92 Å². The van der Waals surface area contributed by atoms with Crippen molar-refractivity contribution in [1.82, 2.24) is 35.4 Å². The smallest absolute Gasteiger partial charge is 0.181 e. The molecule has 1 aliphatic carbocycles. The Hall–Kier alpha value is -2.71. The topological polar surface area (TPSA) is 120 Å². The first kappa shape index (κ1) is 14.9. The lowest BCUT2D eigenvalue weighted by Gasteiger charge is -2.08. The van der Waals surface area contributed by atoms with Crippen LogP contribution in [0.4, 0.5) is 5.82 Å². The number of H-pyrrole nitrogens is 1. The van der Waals surface area contributed by atoms with Crippen molar-refractivity contribution in [1.29, 1.82) is 0 Å². The number of nitrogens with one attached hydrogen (secondary N) is 1. The molecular formula is C15H20N8O. The van der Waals surface area contributed by atoms with Crippen LogP contribution in [0.15, 0.2) is 6.07 Å². The fourth-order valence-electron chi connectivity index (χ4n) is 3.20. The van der Waals surface area contributed by atoms with Crippen LogP contribution in [0.25, 0.3) is 11.2 Å². The first-order chi connectivity index (χ1) is 11.6. The van der Waals surface area contributed by atoms with Crippen LogP contribution in [0.3, 0.4) is 0 Å². The molecule has 4 rings (SSSR count). The fraction of sp³-hybridized carbons (Fsp3) is 0.533. The quantitative estimate of drug-likeness (QED) is 0.748. The number of pyridine rings is 1. The first-order valence-corrected chi connectivity index (χ1v) is 8.12. The van der Waals surface area contributed by atoms with Gasteiger partial charge in [-0.15, -0.1) is 5.10 Å². The molecule has 1 aliphatic rings. The number of anilines is 1. The molecule has 0 amide bonds. The number of aromatic amines is 1. The highest BCUT2D eigenvalue weighted by molar-refractivity contribution is 5.78. The van der Waals surface area contributed by atoms with Gasteiger partial charge in [-0.25, -0.2) is 10.1 Å². The number of rotatable bonds is 4. The van der Waals surface area contributed by atoms with E-state index < -0.39 is 0 Å². The normalized spacial score (nSPS) is 20.8. The van der Waals surface area contributed by atoms with E-state index in [-0.39, 0.29) is 0 Å². The maximum absolute atomic E-state index is 5.86. The van der Waals surface area contributed by atoms with Gasteiger partial charge in [-0.05, 0) is 32.1 Å². The largest absolute Gasteiger partial charge is 0.485 e. The van der Waals surface area contributed by atoms with E-state index in [4.69, 9.17) is 10.5 Å². The van der Waals surface area contributed by atoms with Crippen LogP contribution in [-0.2, 0) is 6.61 Å². The molecule has 0 aromatic carbocycles. The average molecular weight is 328 g/mol. The summed E-state index contributed by atoms with van der Waals surface area (Å²) in [6.07, 6.45) is 3.50. The molecule has 0 spiro atoms. The number of nitrogens with two attached hydrogens (primary N) is 1. The third-order valence-electron chi connectivity index (χ3n) is 4.53. The van der Waals surface area contributed by atoms with E-state index in [1.165, 1.54) is 6.42 Å². The molecule has 126 valence electrons. The molecule has 3 N–H and O–H groups in total. The van der Waals surface area contributed by atoms with E-state index in [2.05, 4.69) is 37.5 Å². The molecule has 3 heterocycles. The van der Waals surface area contributed by atoms with E-state index in [0.717, 1.165) is 30.1 Å². The predicted octanol–water partition coefficient (Wildman–Crippen LogP) is 1.78. The number of nitrogen functional groups attached to an aromatic ring is 1. The number of aryl methyl sites for hydroxylation is 1. The van der Waals surface area contributed by atoms with E-state index in [9.17, 15) is 0 Å².